The highest BCUT2D eigenvalue weighted by atomic mass is 16.6. The third kappa shape index (κ3) is 2.31. The van der Waals surface area contributed by atoms with E-state index in [0.717, 1.165) is 5.69 Å². The van der Waals surface area contributed by atoms with Gasteiger partial charge in [-0.3, -0.25) is 4.90 Å². The number of nitrogens with zero attached hydrogens (tertiary/aromatic N) is 2. The number of methoxy groups -OCH3 is 1. The molecule has 5 heteroatoms. The Morgan fingerprint density at radius 3 is 3.18 bits per heavy atom. The predicted octanol–water partition coefficient (Wildman–Crippen LogP) is 1.93. The number of amides is 1. The molecule has 1 aromatic rings. The van der Waals surface area contributed by atoms with E-state index in [1.807, 2.05) is 6.07 Å². The molecule has 0 spiro atoms. The van der Waals surface area contributed by atoms with Crippen molar-refractivity contribution in [1.29, 1.82) is 5.26 Å². The summed E-state index contributed by atoms with van der Waals surface area (Å²) in [6.07, 6.45) is -0.552. The summed E-state index contributed by atoms with van der Waals surface area (Å²) in [6, 6.07) is 9.17. The van der Waals surface area contributed by atoms with Crippen LogP contribution in [0.25, 0.3) is 0 Å². The van der Waals surface area contributed by atoms with Crippen LogP contribution < -0.4 is 9.64 Å². The molecule has 0 radical (unpaired) electrons. The van der Waals surface area contributed by atoms with Gasteiger partial charge in [-0.05, 0) is 12.1 Å². The van der Waals surface area contributed by atoms with Crippen molar-refractivity contribution >= 4 is 11.8 Å². The van der Waals surface area contributed by atoms with E-state index in [-0.39, 0.29) is 12.5 Å². The average molecular weight is 232 g/mol. The van der Waals surface area contributed by atoms with Gasteiger partial charge in [-0.2, -0.15) is 5.26 Å². The Hall–Kier alpha value is -2.22. The smallest absolute Gasteiger partial charge is 0.414 e. The minimum Gasteiger partial charge on any atom is -0.497 e. The van der Waals surface area contributed by atoms with E-state index < -0.39 is 6.09 Å². The van der Waals surface area contributed by atoms with Gasteiger partial charge >= 0.3 is 6.09 Å². The normalized spacial score (nSPS) is 18.7. The van der Waals surface area contributed by atoms with Crippen LogP contribution >= 0.6 is 0 Å². The van der Waals surface area contributed by atoms with E-state index in [1.165, 1.54) is 4.90 Å². The molecule has 1 aromatic carbocycles. The number of benzene rings is 1. The lowest BCUT2D eigenvalue weighted by Crippen LogP contribution is -2.24. The first kappa shape index (κ1) is 11.3. The van der Waals surface area contributed by atoms with Gasteiger partial charge in [0.1, 0.15) is 11.9 Å². The number of carbonyl (C=O) groups is 1. The summed E-state index contributed by atoms with van der Waals surface area (Å²) in [5.74, 6) is 0.680. The Kier molecular flexibility index (Phi) is 3.15. The third-order valence-electron chi connectivity index (χ3n) is 2.56. The Balaban J connectivity index is 2.17. The Morgan fingerprint density at radius 2 is 2.47 bits per heavy atom. The van der Waals surface area contributed by atoms with E-state index in [4.69, 9.17) is 14.7 Å². The van der Waals surface area contributed by atoms with E-state index in [1.54, 1.807) is 31.4 Å². The molecular formula is C12H12N2O3. The fourth-order valence-electron chi connectivity index (χ4n) is 1.72. The van der Waals surface area contributed by atoms with Gasteiger partial charge in [0.2, 0.25) is 0 Å². The first-order valence-corrected chi connectivity index (χ1v) is 5.23. The SMILES string of the molecule is COc1cccc(N2CC(CC#N)OC2=O)c1. The van der Waals surface area contributed by atoms with Gasteiger partial charge in [0.15, 0.2) is 0 Å². The maximum atomic E-state index is 11.6. The number of hydrogen-bond acceptors (Lipinski definition) is 4. The zero-order valence-electron chi connectivity index (χ0n) is 9.42. The quantitative estimate of drug-likeness (QED) is 0.798. The Bertz CT molecular complexity index is 467. The summed E-state index contributed by atoms with van der Waals surface area (Å²) in [7, 11) is 1.57. The lowest BCUT2D eigenvalue weighted by atomic mass is 10.2. The molecule has 0 saturated carbocycles. The summed E-state index contributed by atoms with van der Waals surface area (Å²) >= 11 is 0. The second kappa shape index (κ2) is 4.74. The first-order chi connectivity index (χ1) is 8.24. The number of carbonyl (C=O) groups excluding carboxylic acids is 1. The molecule has 5 nitrogen and oxygen atoms in total. The Labute approximate surface area is 99.2 Å². The molecule has 0 bridgehead atoms. The molecule has 1 amide bonds. The van der Waals surface area contributed by atoms with Crippen LogP contribution in [0.4, 0.5) is 10.5 Å². The van der Waals surface area contributed by atoms with Crippen LogP contribution in [0.3, 0.4) is 0 Å². The van der Waals surface area contributed by atoms with Gasteiger partial charge in [-0.1, -0.05) is 6.07 Å². The molecular weight excluding hydrogens is 220 g/mol. The number of anilines is 1. The van der Waals surface area contributed by atoms with Crippen molar-refractivity contribution in [3.05, 3.63) is 24.3 Å². The van der Waals surface area contributed by atoms with Gasteiger partial charge in [-0.15, -0.1) is 0 Å². The molecule has 1 aliphatic rings. The number of cyclic esters (lactones) is 1. The highest BCUT2D eigenvalue weighted by molar-refractivity contribution is 5.89. The maximum absolute atomic E-state index is 11.6. The van der Waals surface area contributed by atoms with E-state index in [9.17, 15) is 4.79 Å². The highest BCUT2D eigenvalue weighted by Crippen LogP contribution is 2.25. The van der Waals surface area contributed by atoms with Gasteiger partial charge in [-0.25, -0.2) is 4.79 Å². The number of hydrogen-bond donors (Lipinski definition) is 0. The van der Waals surface area contributed by atoms with Crippen molar-refractivity contribution in [1.82, 2.24) is 0 Å². The van der Waals surface area contributed by atoms with Crippen LogP contribution in [0.1, 0.15) is 6.42 Å². The van der Waals surface area contributed by atoms with E-state index >= 15 is 0 Å². The summed E-state index contributed by atoms with van der Waals surface area (Å²) < 4.78 is 10.2. The molecule has 17 heavy (non-hydrogen) atoms. The maximum Gasteiger partial charge on any atom is 0.414 e. The molecule has 88 valence electrons. The molecule has 0 N–H and O–H groups in total. The summed E-state index contributed by atoms with van der Waals surface area (Å²) in [5, 5.41) is 8.57. The van der Waals surface area contributed by atoms with Crippen LogP contribution in [-0.4, -0.2) is 25.9 Å². The van der Waals surface area contributed by atoms with Gasteiger partial charge in [0, 0.05) is 6.07 Å². The predicted molar refractivity (Wildman–Crippen MR) is 60.8 cm³/mol. The fraction of sp³-hybridized carbons (Fsp3) is 0.333. The number of rotatable bonds is 3. The summed E-state index contributed by atoms with van der Waals surface area (Å²) in [5.41, 5.74) is 0.717. The Morgan fingerprint density at radius 1 is 1.65 bits per heavy atom. The minimum atomic E-state index is -0.418. The lowest BCUT2D eigenvalue weighted by Gasteiger charge is -2.13. The van der Waals surface area contributed by atoms with Gasteiger partial charge < -0.3 is 9.47 Å². The van der Waals surface area contributed by atoms with Crippen molar-refractivity contribution in [2.45, 2.75) is 12.5 Å². The van der Waals surface area contributed by atoms with Crippen LogP contribution in [0.5, 0.6) is 5.75 Å². The largest absolute Gasteiger partial charge is 0.497 e. The molecule has 1 heterocycles. The zero-order valence-corrected chi connectivity index (χ0v) is 9.42. The second-order valence-corrected chi connectivity index (χ2v) is 3.68. The number of nitriles is 1. The molecule has 1 unspecified atom stereocenters. The summed E-state index contributed by atoms with van der Waals surface area (Å²) in [6.45, 7) is 0.402. The van der Waals surface area contributed by atoms with E-state index in [2.05, 4.69) is 0 Å². The molecule has 0 aliphatic carbocycles. The highest BCUT2D eigenvalue weighted by Gasteiger charge is 2.32. The average Bonchev–Trinajstić information content (AvgIpc) is 2.71. The standard InChI is InChI=1S/C12H12N2O3/c1-16-10-4-2-3-9(7-10)14-8-11(5-6-13)17-12(14)15/h2-4,7,11H,5,8H2,1H3. The van der Waals surface area contributed by atoms with Crippen molar-refractivity contribution < 1.29 is 14.3 Å². The number of ether oxygens (including phenoxy) is 2. The minimum absolute atomic E-state index is 0.214. The monoisotopic (exact) mass is 232 g/mol. The van der Waals surface area contributed by atoms with Crippen LogP contribution in [0.15, 0.2) is 24.3 Å². The van der Waals surface area contributed by atoms with Crippen molar-refractivity contribution in [3.63, 3.8) is 0 Å². The first-order valence-electron chi connectivity index (χ1n) is 5.23. The fourth-order valence-corrected chi connectivity index (χ4v) is 1.72. The molecule has 0 aromatic heterocycles. The van der Waals surface area contributed by atoms with Crippen molar-refractivity contribution in [2.24, 2.45) is 0 Å². The van der Waals surface area contributed by atoms with Gasteiger partial charge in [0.05, 0.1) is 31.8 Å². The summed E-state index contributed by atoms with van der Waals surface area (Å²) in [4.78, 5) is 13.1. The lowest BCUT2D eigenvalue weighted by molar-refractivity contribution is 0.143. The van der Waals surface area contributed by atoms with Crippen molar-refractivity contribution in [2.75, 3.05) is 18.6 Å². The van der Waals surface area contributed by atoms with Crippen molar-refractivity contribution in [3.8, 4) is 11.8 Å². The molecule has 1 aliphatic heterocycles. The molecule has 2 rings (SSSR count). The topological polar surface area (TPSA) is 62.6 Å². The van der Waals surface area contributed by atoms with Crippen LogP contribution in [0.2, 0.25) is 0 Å². The third-order valence-corrected chi connectivity index (χ3v) is 2.56. The van der Waals surface area contributed by atoms with Gasteiger partial charge in [0.25, 0.3) is 0 Å². The molecule has 1 atom stereocenters. The second-order valence-electron chi connectivity index (χ2n) is 3.68. The van der Waals surface area contributed by atoms with E-state index in [0.29, 0.717) is 12.3 Å². The molecule has 1 saturated heterocycles. The zero-order chi connectivity index (χ0) is 12.3. The van der Waals surface area contributed by atoms with Crippen LogP contribution in [-0.2, 0) is 4.74 Å². The molecule has 1 fully saturated rings. The van der Waals surface area contributed by atoms with Crippen LogP contribution in [0, 0.1) is 11.3 Å².